The van der Waals surface area contributed by atoms with Gasteiger partial charge in [-0.25, -0.2) is 0 Å². The lowest BCUT2D eigenvalue weighted by Gasteiger charge is -2.36. The highest BCUT2D eigenvalue weighted by Gasteiger charge is 2.34. The van der Waals surface area contributed by atoms with E-state index in [-0.39, 0.29) is 6.04 Å². The van der Waals surface area contributed by atoms with Crippen molar-refractivity contribution in [2.24, 2.45) is 0 Å². The highest BCUT2D eigenvalue weighted by molar-refractivity contribution is 5.29. The fraction of sp³-hybridized carbons (Fsp3) is 0.222. The SMILES string of the molecule is C=CCN[C@@H](c1ccccc1)C(C=C)(C=C)OCC=C. The summed E-state index contributed by atoms with van der Waals surface area (Å²) in [5.41, 5.74) is 0.414. The number of hydrogen-bond acceptors (Lipinski definition) is 2. The van der Waals surface area contributed by atoms with Crippen LogP contribution in [0.3, 0.4) is 0 Å². The Balaban J connectivity index is 3.16. The van der Waals surface area contributed by atoms with Crippen LogP contribution in [-0.4, -0.2) is 18.8 Å². The summed E-state index contributed by atoms with van der Waals surface area (Å²) in [7, 11) is 0. The standard InChI is InChI=1S/C18H23NO/c1-5-14-19-17(16-12-10-9-11-13-16)18(7-3,8-4)20-15-6-2/h5-13,17,19H,1-4,14-15H2/t17-/m0/s1. The molecule has 0 aliphatic heterocycles. The van der Waals surface area contributed by atoms with Crippen molar-refractivity contribution in [2.75, 3.05) is 13.2 Å². The zero-order valence-corrected chi connectivity index (χ0v) is 11.9. The van der Waals surface area contributed by atoms with E-state index in [1.54, 1.807) is 18.2 Å². The molecule has 1 rings (SSSR count). The molecular formula is C18H23NO. The minimum absolute atomic E-state index is 0.0864. The highest BCUT2D eigenvalue weighted by Crippen LogP contribution is 2.32. The molecule has 1 N–H and O–H groups in total. The predicted molar refractivity (Wildman–Crippen MR) is 86.7 cm³/mol. The second-order valence-electron chi connectivity index (χ2n) is 4.40. The van der Waals surface area contributed by atoms with Gasteiger partial charge in [0.15, 0.2) is 0 Å². The summed E-state index contributed by atoms with van der Waals surface area (Å²) in [5, 5.41) is 3.42. The molecule has 0 amide bonds. The molecule has 0 unspecified atom stereocenters. The van der Waals surface area contributed by atoms with Crippen LogP contribution in [0, 0.1) is 0 Å². The molecule has 0 radical (unpaired) electrons. The second kappa shape index (κ2) is 8.31. The van der Waals surface area contributed by atoms with E-state index >= 15 is 0 Å². The van der Waals surface area contributed by atoms with Gasteiger partial charge in [0, 0.05) is 6.54 Å². The Morgan fingerprint density at radius 2 is 1.70 bits per heavy atom. The maximum atomic E-state index is 5.94. The minimum atomic E-state index is -0.696. The third kappa shape index (κ3) is 3.80. The Kier molecular flexibility index (Phi) is 6.71. The van der Waals surface area contributed by atoms with Crippen molar-refractivity contribution in [3.8, 4) is 0 Å². The normalized spacial score (nSPS) is 12.4. The summed E-state index contributed by atoms with van der Waals surface area (Å²) in [6, 6.07) is 10.0. The van der Waals surface area contributed by atoms with Crippen LogP contribution in [-0.2, 0) is 4.74 Å². The second-order valence-corrected chi connectivity index (χ2v) is 4.40. The first-order valence-electron chi connectivity index (χ1n) is 6.65. The molecule has 106 valence electrons. The van der Waals surface area contributed by atoms with Crippen molar-refractivity contribution >= 4 is 0 Å². The molecule has 0 fully saturated rings. The van der Waals surface area contributed by atoms with Gasteiger partial charge in [-0.3, -0.25) is 0 Å². The van der Waals surface area contributed by atoms with E-state index in [4.69, 9.17) is 4.74 Å². The molecule has 0 aliphatic rings. The Morgan fingerprint density at radius 1 is 1.05 bits per heavy atom. The Hall–Kier alpha value is -1.90. The third-order valence-electron chi connectivity index (χ3n) is 3.14. The Labute approximate surface area is 122 Å². The molecule has 0 aromatic heterocycles. The molecule has 2 heteroatoms. The van der Waals surface area contributed by atoms with Crippen molar-refractivity contribution in [2.45, 2.75) is 11.6 Å². The summed E-state index contributed by atoms with van der Waals surface area (Å²) in [4.78, 5) is 0. The van der Waals surface area contributed by atoms with Crippen LogP contribution in [0.1, 0.15) is 11.6 Å². The van der Waals surface area contributed by atoms with Gasteiger partial charge in [-0.15, -0.1) is 13.2 Å². The molecule has 20 heavy (non-hydrogen) atoms. The number of ether oxygens (including phenoxy) is 1. The van der Waals surface area contributed by atoms with E-state index in [0.29, 0.717) is 13.2 Å². The summed E-state index contributed by atoms with van der Waals surface area (Å²) in [6.45, 7) is 16.4. The maximum absolute atomic E-state index is 5.94. The van der Waals surface area contributed by atoms with Gasteiger partial charge in [0.25, 0.3) is 0 Å². The first kappa shape index (κ1) is 16.2. The van der Waals surface area contributed by atoms with Crippen molar-refractivity contribution in [1.82, 2.24) is 5.32 Å². The van der Waals surface area contributed by atoms with E-state index in [1.165, 1.54) is 0 Å². The van der Waals surface area contributed by atoms with Crippen LogP contribution < -0.4 is 5.32 Å². The number of hydrogen-bond donors (Lipinski definition) is 1. The monoisotopic (exact) mass is 269 g/mol. The average Bonchev–Trinajstić information content (AvgIpc) is 2.52. The van der Waals surface area contributed by atoms with Gasteiger partial charge < -0.3 is 10.1 Å². The molecule has 0 spiro atoms. The summed E-state index contributed by atoms with van der Waals surface area (Å²) in [5.74, 6) is 0. The molecule has 1 aromatic rings. The predicted octanol–water partition coefficient (Wildman–Crippen LogP) is 3.82. The largest absolute Gasteiger partial charge is 0.361 e. The first-order valence-corrected chi connectivity index (χ1v) is 6.65. The van der Waals surface area contributed by atoms with Crippen molar-refractivity contribution in [1.29, 1.82) is 0 Å². The number of nitrogens with one attached hydrogen (secondary N) is 1. The fourth-order valence-electron chi connectivity index (χ4n) is 2.11. The molecule has 2 nitrogen and oxygen atoms in total. The van der Waals surface area contributed by atoms with E-state index in [0.717, 1.165) is 5.56 Å². The van der Waals surface area contributed by atoms with Gasteiger partial charge in [-0.05, 0) is 5.56 Å². The van der Waals surface area contributed by atoms with Crippen molar-refractivity contribution < 1.29 is 4.74 Å². The van der Waals surface area contributed by atoms with E-state index < -0.39 is 5.60 Å². The van der Waals surface area contributed by atoms with Crippen LogP contribution in [0.25, 0.3) is 0 Å². The van der Waals surface area contributed by atoms with Gasteiger partial charge in [0.05, 0.1) is 12.6 Å². The summed E-state index contributed by atoms with van der Waals surface area (Å²) < 4.78 is 5.94. The third-order valence-corrected chi connectivity index (χ3v) is 3.14. The number of rotatable bonds is 10. The quantitative estimate of drug-likeness (QED) is 0.652. The molecule has 0 saturated heterocycles. The van der Waals surface area contributed by atoms with Gasteiger partial charge >= 0.3 is 0 Å². The van der Waals surface area contributed by atoms with Crippen LogP contribution in [0.15, 0.2) is 81.0 Å². The van der Waals surface area contributed by atoms with Gasteiger partial charge in [-0.1, -0.05) is 67.8 Å². The van der Waals surface area contributed by atoms with Crippen LogP contribution >= 0.6 is 0 Å². The van der Waals surface area contributed by atoms with Gasteiger partial charge in [-0.2, -0.15) is 0 Å². The lowest BCUT2D eigenvalue weighted by atomic mass is 9.88. The molecule has 0 aliphatic carbocycles. The lowest BCUT2D eigenvalue weighted by Crippen LogP contribution is -2.43. The van der Waals surface area contributed by atoms with Gasteiger partial charge in [0.1, 0.15) is 5.60 Å². The molecule has 1 atom stereocenters. The first-order chi connectivity index (χ1) is 9.74. The molecular weight excluding hydrogens is 246 g/mol. The van der Waals surface area contributed by atoms with Gasteiger partial charge in [0.2, 0.25) is 0 Å². The molecule has 0 heterocycles. The minimum Gasteiger partial charge on any atom is -0.361 e. The van der Waals surface area contributed by atoms with Crippen LogP contribution in [0.5, 0.6) is 0 Å². The van der Waals surface area contributed by atoms with E-state index in [9.17, 15) is 0 Å². The highest BCUT2D eigenvalue weighted by atomic mass is 16.5. The smallest absolute Gasteiger partial charge is 0.124 e. The van der Waals surface area contributed by atoms with Crippen LogP contribution in [0.4, 0.5) is 0 Å². The molecule has 0 saturated carbocycles. The van der Waals surface area contributed by atoms with Crippen LogP contribution in [0.2, 0.25) is 0 Å². The topological polar surface area (TPSA) is 21.3 Å². The van der Waals surface area contributed by atoms with Crippen molar-refractivity contribution in [3.63, 3.8) is 0 Å². The van der Waals surface area contributed by atoms with Crippen molar-refractivity contribution in [3.05, 3.63) is 86.5 Å². The molecule has 0 bridgehead atoms. The lowest BCUT2D eigenvalue weighted by molar-refractivity contribution is 0.0173. The Bertz CT molecular complexity index is 442. The number of benzene rings is 1. The Morgan fingerprint density at radius 3 is 2.20 bits per heavy atom. The fourth-order valence-corrected chi connectivity index (χ4v) is 2.11. The molecule has 1 aromatic carbocycles. The van der Waals surface area contributed by atoms with E-state index in [1.807, 2.05) is 24.3 Å². The summed E-state index contributed by atoms with van der Waals surface area (Å²) >= 11 is 0. The van der Waals surface area contributed by atoms with E-state index in [2.05, 4.69) is 43.8 Å². The summed E-state index contributed by atoms with van der Waals surface area (Å²) in [6.07, 6.45) is 7.09. The average molecular weight is 269 g/mol. The zero-order valence-electron chi connectivity index (χ0n) is 11.9. The maximum Gasteiger partial charge on any atom is 0.124 e. The zero-order chi connectivity index (χ0) is 14.8.